The van der Waals surface area contributed by atoms with Gasteiger partial charge in [0.15, 0.2) is 0 Å². The van der Waals surface area contributed by atoms with E-state index in [9.17, 15) is 9.59 Å². The smallest absolute Gasteiger partial charge is 0.305 e. The lowest BCUT2D eigenvalue weighted by molar-refractivity contribution is -0.139. The predicted octanol–water partition coefficient (Wildman–Crippen LogP) is 0.585. The summed E-state index contributed by atoms with van der Waals surface area (Å²) in [5.74, 6) is -0.870. The molecule has 1 atom stereocenters. The fourth-order valence-corrected chi connectivity index (χ4v) is 1.66. The number of nitrogens with one attached hydrogen (secondary N) is 1. The number of carboxylic acid groups (broad SMARTS) is 1. The molecule has 0 aromatic heterocycles. The van der Waals surface area contributed by atoms with Crippen LogP contribution in [-0.4, -0.2) is 29.1 Å². The van der Waals surface area contributed by atoms with E-state index >= 15 is 0 Å². The van der Waals surface area contributed by atoms with Crippen LogP contribution in [0.4, 0.5) is 0 Å². The van der Waals surface area contributed by atoms with Gasteiger partial charge in [-0.05, 0) is 11.8 Å². The van der Waals surface area contributed by atoms with Gasteiger partial charge in [0.05, 0.1) is 12.5 Å². The van der Waals surface area contributed by atoms with Gasteiger partial charge in [0.1, 0.15) is 0 Å². The number of amides is 1. The summed E-state index contributed by atoms with van der Waals surface area (Å²) in [7, 11) is 0. The molecule has 0 aliphatic rings. The second kappa shape index (κ2) is 6.48. The predicted molar refractivity (Wildman–Crippen MR) is 61.8 cm³/mol. The molecule has 0 radical (unpaired) electrons. The standard InChI is InChI=1S/C11H22N2O3/c1-6(2)10(7(3)4)13-11(16)8(12)5-9(14)15/h6-8,10H,5,12H2,1-4H3,(H,13,16)(H,14,15)/t8-/m0/s1. The monoisotopic (exact) mass is 230 g/mol. The lowest BCUT2D eigenvalue weighted by atomic mass is 9.93. The van der Waals surface area contributed by atoms with Crippen LogP contribution in [0.1, 0.15) is 34.1 Å². The van der Waals surface area contributed by atoms with Crippen LogP contribution < -0.4 is 11.1 Å². The van der Waals surface area contributed by atoms with Crippen molar-refractivity contribution in [2.75, 3.05) is 0 Å². The number of carbonyl (C=O) groups excluding carboxylic acids is 1. The molecule has 5 nitrogen and oxygen atoms in total. The molecule has 16 heavy (non-hydrogen) atoms. The quantitative estimate of drug-likeness (QED) is 0.622. The van der Waals surface area contributed by atoms with E-state index in [1.165, 1.54) is 0 Å². The first-order valence-electron chi connectivity index (χ1n) is 5.53. The van der Waals surface area contributed by atoms with Crippen LogP contribution in [-0.2, 0) is 9.59 Å². The normalized spacial score (nSPS) is 13.2. The van der Waals surface area contributed by atoms with Gasteiger partial charge in [-0.2, -0.15) is 0 Å². The molecular weight excluding hydrogens is 208 g/mol. The summed E-state index contributed by atoms with van der Waals surface area (Å²) in [5.41, 5.74) is 5.47. The van der Waals surface area contributed by atoms with Gasteiger partial charge in [-0.1, -0.05) is 27.7 Å². The summed E-state index contributed by atoms with van der Waals surface area (Å²) in [6.45, 7) is 8.03. The molecule has 4 N–H and O–H groups in total. The van der Waals surface area contributed by atoms with Crippen molar-refractivity contribution in [2.24, 2.45) is 17.6 Å². The van der Waals surface area contributed by atoms with Crippen molar-refractivity contribution in [2.45, 2.75) is 46.2 Å². The maximum atomic E-state index is 11.6. The Morgan fingerprint density at radius 2 is 1.62 bits per heavy atom. The van der Waals surface area contributed by atoms with E-state index in [1.54, 1.807) is 0 Å². The topological polar surface area (TPSA) is 92.4 Å². The Balaban J connectivity index is 4.34. The van der Waals surface area contributed by atoms with Crippen LogP contribution in [0, 0.1) is 11.8 Å². The number of nitrogens with two attached hydrogens (primary N) is 1. The second-order valence-electron chi connectivity index (χ2n) is 4.73. The third-order valence-corrected chi connectivity index (χ3v) is 2.48. The van der Waals surface area contributed by atoms with Crippen molar-refractivity contribution in [3.8, 4) is 0 Å². The first-order chi connectivity index (χ1) is 7.25. The van der Waals surface area contributed by atoms with Crippen molar-refractivity contribution in [3.63, 3.8) is 0 Å². The molecule has 0 aliphatic heterocycles. The highest BCUT2D eigenvalue weighted by atomic mass is 16.4. The van der Waals surface area contributed by atoms with E-state index in [-0.39, 0.29) is 12.5 Å². The Kier molecular flexibility index (Phi) is 6.03. The molecule has 0 aromatic carbocycles. The largest absolute Gasteiger partial charge is 0.481 e. The van der Waals surface area contributed by atoms with Crippen molar-refractivity contribution >= 4 is 11.9 Å². The zero-order chi connectivity index (χ0) is 12.9. The average Bonchev–Trinajstić information content (AvgIpc) is 2.11. The molecule has 0 spiro atoms. The lowest BCUT2D eigenvalue weighted by Gasteiger charge is -2.27. The Hall–Kier alpha value is -1.10. The molecule has 0 unspecified atom stereocenters. The van der Waals surface area contributed by atoms with Gasteiger partial charge in [0.2, 0.25) is 5.91 Å². The molecule has 5 heteroatoms. The SMILES string of the molecule is CC(C)C(NC(=O)[C@@H](N)CC(=O)O)C(C)C. The van der Waals surface area contributed by atoms with E-state index in [0.717, 1.165) is 0 Å². The van der Waals surface area contributed by atoms with Gasteiger partial charge < -0.3 is 16.2 Å². The Labute approximate surface area is 96.4 Å². The number of carbonyl (C=O) groups is 2. The molecule has 0 bridgehead atoms. The number of hydrogen-bond donors (Lipinski definition) is 3. The summed E-state index contributed by atoms with van der Waals surface area (Å²) < 4.78 is 0. The second-order valence-corrected chi connectivity index (χ2v) is 4.73. The summed E-state index contributed by atoms with van der Waals surface area (Å²) in [5, 5.41) is 11.3. The van der Waals surface area contributed by atoms with Gasteiger partial charge in [-0.3, -0.25) is 9.59 Å². The minimum absolute atomic E-state index is 0.0207. The first-order valence-corrected chi connectivity index (χ1v) is 5.53. The van der Waals surface area contributed by atoms with Crippen LogP contribution >= 0.6 is 0 Å². The van der Waals surface area contributed by atoms with Gasteiger partial charge in [-0.15, -0.1) is 0 Å². The highest BCUT2D eigenvalue weighted by Gasteiger charge is 2.23. The molecule has 0 aliphatic carbocycles. The Morgan fingerprint density at radius 3 is 1.94 bits per heavy atom. The van der Waals surface area contributed by atoms with Crippen LogP contribution in [0.3, 0.4) is 0 Å². The highest BCUT2D eigenvalue weighted by Crippen LogP contribution is 2.12. The third kappa shape index (κ3) is 5.11. The average molecular weight is 230 g/mol. The van der Waals surface area contributed by atoms with Crippen molar-refractivity contribution in [1.29, 1.82) is 0 Å². The minimum atomic E-state index is -1.06. The van der Waals surface area contributed by atoms with E-state index < -0.39 is 17.9 Å². The summed E-state index contributed by atoms with van der Waals surface area (Å²) in [4.78, 5) is 22.0. The molecule has 0 rings (SSSR count). The number of aliphatic carboxylic acids is 1. The van der Waals surface area contributed by atoms with Crippen molar-refractivity contribution in [1.82, 2.24) is 5.32 Å². The van der Waals surface area contributed by atoms with Crippen LogP contribution in [0.2, 0.25) is 0 Å². The zero-order valence-corrected chi connectivity index (χ0v) is 10.4. The molecular formula is C11H22N2O3. The molecule has 0 heterocycles. The number of rotatable bonds is 6. The van der Waals surface area contributed by atoms with Gasteiger partial charge in [0.25, 0.3) is 0 Å². The maximum absolute atomic E-state index is 11.6. The fraction of sp³-hybridized carbons (Fsp3) is 0.818. The van der Waals surface area contributed by atoms with Crippen LogP contribution in [0.15, 0.2) is 0 Å². The van der Waals surface area contributed by atoms with Gasteiger partial charge in [0, 0.05) is 6.04 Å². The van der Waals surface area contributed by atoms with E-state index in [0.29, 0.717) is 11.8 Å². The van der Waals surface area contributed by atoms with Crippen molar-refractivity contribution < 1.29 is 14.7 Å². The van der Waals surface area contributed by atoms with Crippen LogP contribution in [0.25, 0.3) is 0 Å². The first kappa shape index (κ1) is 14.9. The molecule has 0 saturated carbocycles. The van der Waals surface area contributed by atoms with E-state index in [4.69, 9.17) is 10.8 Å². The minimum Gasteiger partial charge on any atom is -0.481 e. The molecule has 1 amide bonds. The molecule has 94 valence electrons. The zero-order valence-electron chi connectivity index (χ0n) is 10.4. The number of hydrogen-bond acceptors (Lipinski definition) is 3. The van der Waals surface area contributed by atoms with Gasteiger partial charge >= 0.3 is 5.97 Å². The third-order valence-electron chi connectivity index (χ3n) is 2.48. The summed E-state index contributed by atoms with van der Waals surface area (Å²) in [6.07, 6.45) is -0.339. The van der Waals surface area contributed by atoms with Crippen molar-refractivity contribution in [3.05, 3.63) is 0 Å². The summed E-state index contributed by atoms with van der Waals surface area (Å²) in [6, 6.07) is -0.954. The highest BCUT2D eigenvalue weighted by molar-refractivity contribution is 5.86. The van der Waals surface area contributed by atoms with E-state index in [1.807, 2.05) is 27.7 Å². The van der Waals surface area contributed by atoms with Crippen LogP contribution in [0.5, 0.6) is 0 Å². The Morgan fingerprint density at radius 1 is 1.19 bits per heavy atom. The maximum Gasteiger partial charge on any atom is 0.305 e. The molecule has 0 fully saturated rings. The number of carboxylic acids is 1. The van der Waals surface area contributed by atoms with E-state index in [2.05, 4.69) is 5.32 Å². The Bertz CT molecular complexity index is 244. The fourth-order valence-electron chi connectivity index (χ4n) is 1.66. The molecule has 0 saturated heterocycles. The van der Waals surface area contributed by atoms with Gasteiger partial charge in [-0.25, -0.2) is 0 Å². The lowest BCUT2D eigenvalue weighted by Crippen LogP contribution is -2.49. The summed E-state index contributed by atoms with van der Waals surface area (Å²) >= 11 is 0. The molecule has 0 aromatic rings.